The first kappa shape index (κ1) is 12.6. The van der Waals surface area contributed by atoms with Gasteiger partial charge in [0.15, 0.2) is 5.76 Å². The normalized spacial score (nSPS) is 10.4. The third kappa shape index (κ3) is 2.71. The first-order valence-electron chi connectivity index (χ1n) is 5.32. The molecular weight excluding hydrogens is 257 g/mol. The van der Waals surface area contributed by atoms with Gasteiger partial charge in [-0.2, -0.15) is 0 Å². The van der Waals surface area contributed by atoms with Gasteiger partial charge < -0.3 is 9.73 Å². The molecule has 1 aromatic heterocycles. The third-order valence-electron chi connectivity index (χ3n) is 2.49. The van der Waals surface area contributed by atoms with Gasteiger partial charge in [-0.15, -0.1) is 11.6 Å². The molecule has 0 spiro atoms. The number of carbonyl (C=O) groups is 1. The van der Waals surface area contributed by atoms with E-state index in [1.165, 1.54) is 24.3 Å². The number of alkyl halides is 1. The standard InChI is InChI=1S/C13H11ClFNO2/c1-8-9(7-14)6-12(18-8)13(17)16-11-4-2-10(15)3-5-11/h2-6H,7H2,1H3,(H,16,17). The molecule has 5 heteroatoms. The van der Waals surface area contributed by atoms with Gasteiger partial charge in [0.05, 0.1) is 5.88 Å². The van der Waals surface area contributed by atoms with Crippen molar-refractivity contribution in [3.63, 3.8) is 0 Å². The third-order valence-corrected chi connectivity index (χ3v) is 2.78. The van der Waals surface area contributed by atoms with Gasteiger partial charge in [-0.1, -0.05) is 0 Å². The van der Waals surface area contributed by atoms with Crippen LogP contribution in [0, 0.1) is 12.7 Å². The van der Waals surface area contributed by atoms with E-state index in [2.05, 4.69) is 5.32 Å². The van der Waals surface area contributed by atoms with E-state index < -0.39 is 0 Å². The molecular formula is C13H11ClFNO2. The van der Waals surface area contributed by atoms with Crippen molar-refractivity contribution in [2.75, 3.05) is 5.32 Å². The lowest BCUT2D eigenvalue weighted by molar-refractivity contribution is 0.0995. The van der Waals surface area contributed by atoms with Gasteiger partial charge >= 0.3 is 0 Å². The SMILES string of the molecule is Cc1oc(C(=O)Nc2ccc(F)cc2)cc1CCl. The van der Waals surface area contributed by atoms with Crippen LogP contribution < -0.4 is 5.32 Å². The predicted octanol–water partition coefficient (Wildman–Crippen LogP) is 3.72. The summed E-state index contributed by atoms with van der Waals surface area (Å²) in [5, 5.41) is 2.61. The second-order valence-electron chi connectivity index (χ2n) is 3.79. The summed E-state index contributed by atoms with van der Waals surface area (Å²) in [4.78, 5) is 11.8. The molecule has 1 amide bonds. The number of anilines is 1. The molecule has 0 bridgehead atoms. The molecule has 3 nitrogen and oxygen atoms in total. The summed E-state index contributed by atoms with van der Waals surface area (Å²) in [6.07, 6.45) is 0. The Balaban J connectivity index is 2.14. The zero-order valence-electron chi connectivity index (χ0n) is 9.67. The molecule has 0 aliphatic rings. The van der Waals surface area contributed by atoms with E-state index in [1.54, 1.807) is 13.0 Å². The number of amides is 1. The number of hydrogen-bond donors (Lipinski definition) is 1. The molecule has 0 atom stereocenters. The molecule has 0 unspecified atom stereocenters. The van der Waals surface area contributed by atoms with E-state index in [9.17, 15) is 9.18 Å². The van der Waals surface area contributed by atoms with Gasteiger partial charge in [-0.3, -0.25) is 4.79 Å². The van der Waals surface area contributed by atoms with Gasteiger partial charge in [0.2, 0.25) is 0 Å². The van der Waals surface area contributed by atoms with Crippen LogP contribution in [-0.2, 0) is 5.88 Å². The van der Waals surface area contributed by atoms with Crippen LogP contribution in [0.15, 0.2) is 34.7 Å². The fourth-order valence-corrected chi connectivity index (χ4v) is 1.76. The molecule has 0 fully saturated rings. The summed E-state index contributed by atoms with van der Waals surface area (Å²) in [5.41, 5.74) is 1.28. The molecule has 1 heterocycles. The Morgan fingerprint density at radius 3 is 2.61 bits per heavy atom. The number of halogens is 2. The summed E-state index contributed by atoms with van der Waals surface area (Å²) in [5.74, 6) is 0.355. The molecule has 0 radical (unpaired) electrons. The molecule has 0 saturated carbocycles. The summed E-state index contributed by atoms with van der Waals surface area (Å²) >= 11 is 5.69. The van der Waals surface area contributed by atoms with Crippen molar-refractivity contribution >= 4 is 23.2 Å². The Hall–Kier alpha value is -1.81. The molecule has 1 N–H and O–H groups in total. The van der Waals surface area contributed by atoms with E-state index in [4.69, 9.17) is 16.0 Å². The van der Waals surface area contributed by atoms with Crippen molar-refractivity contribution in [3.8, 4) is 0 Å². The first-order valence-corrected chi connectivity index (χ1v) is 5.86. The molecule has 0 aliphatic heterocycles. The number of nitrogens with one attached hydrogen (secondary N) is 1. The van der Waals surface area contributed by atoms with Gasteiger partial charge in [-0.05, 0) is 37.3 Å². The average Bonchev–Trinajstić information content (AvgIpc) is 2.73. The molecule has 0 aliphatic carbocycles. The van der Waals surface area contributed by atoms with Crippen molar-refractivity contribution in [2.24, 2.45) is 0 Å². The number of furan rings is 1. The summed E-state index contributed by atoms with van der Waals surface area (Å²) in [6, 6.07) is 7.10. The Labute approximate surface area is 109 Å². The van der Waals surface area contributed by atoms with Crippen molar-refractivity contribution < 1.29 is 13.6 Å². The first-order chi connectivity index (χ1) is 8.60. The maximum absolute atomic E-state index is 12.7. The fourth-order valence-electron chi connectivity index (χ4n) is 1.49. The van der Waals surface area contributed by atoms with Crippen LogP contribution in [-0.4, -0.2) is 5.91 Å². The maximum Gasteiger partial charge on any atom is 0.291 e. The molecule has 2 aromatic rings. The van der Waals surface area contributed by atoms with Gasteiger partial charge in [0.25, 0.3) is 5.91 Å². The highest BCUT2D eigenvalue weighted by molar-refractivity contribution is 6.17. The molecule has 94 valence electrons. The van der Waals surface area contributed by atoms with Gasteiger partial charge in [0, 0.05) is 11.3 Å². The lowest BCUT2D eigenvalue weighted by Gasteiger charge is -2.02. The van der Waals surface area contributed by atoms with Crippen molar-refractivity contribution in [1.82, 2.24) is 0 Å². The summed E-state index contributed by atoms with van der Waals surface area (Å²) in [7, 11) is 0. The average molecular weight is 268 g/mol. The smallest absolute Gasteiger partial charge is 0.291 e. The fraction of sp³-hybridized carbons (Fsp3) is 0.154. The Bertz CT molecular complexity index is 563. The van der Waals surface area contributed by atoms with Crippen LogP contribution in [0.25, 0.3) is 0 Å². The Kier molecular flexibility index (Phi) is 3.67. The van der Waals surface area contributed by atoms with Crippen LogP contribution in [0.4, 0.5) is 10.1 Å². The van der Waals surface area contributed by atoms with Crippen LogP contribution in [0.1, 0.15) is 21.9 Å². The van der Waals surface area contributed by atoms with E-state index in [0.29, 0.717) is 17.3 Å². The minimum absolute atomic E-state index is 0.187. The zero-order chi connectivity index (χ0) is 13.1. The topological polar surface area (TPSA) is 42.2 Å². The van der Waals surface area contributed by atoms with E-state index in [0.717, 1.165) is 5.56 Å². The highest BCUT2D eigenvalue weighted by Gasteiger charge is 2.14. The number of hydrogen-bond acceptors (Lipinski definition) is 2. The summed E-state index contributed by atoms with van der Waals surface area (Å²) < 4.78 is 18.0. The largest absolute Gasteiger partial charge is 0.456 e. The maximum atomic E-state index is 12.7. The lowest BCUT2D eigenvalue weighted by atomic mass is 10.2. The van der Waals surface area contributed by atoms with Crippen LogP contribution in [0.2, 0.25) is 0 Å². The van der Waals surface area contributed by atoms with E-state index in [-0.39, 0.29) is 17.5 Å². The van der Waals surface area contributed by atoms with Gasteiger partial charge in [0.1, 0.15) is 11.6 Å². The van der Waals surface area contributed by atoms with Crippen LogP contribution >= 0.6 is 11.6 Å². The number of carbonyl (C=O) groups excluding carboxylic acids is 1. The molecule has 1 aromatic carbocycles. The van der Waals surface area contributed by atoms with Gasteiger partial charge in [-0.25, -0.2) is 4.39 Å². The molecule has 18 heavy (non-hydrogen) atoms. The quantitative estimate of drug-likeness (QED) is 0.861. The Morgan fingerprint density at radius 2 is 2.06 bits per heavy atom. The molecule has 0 saturated heterocycles. The lowest BCUT2D eigenvalue weighted by Crippen LogP contribution is -2.10. The second kappa shape index (κ2) is 5.23. The highest BCUT2D eigenvalue weighted by atomic mass is 35.5. The van der Waals surface area contributed by atoms with Crippen molar-refractivity contribution in [2.45, 2.75) is 12.8 Å². The van der Waals surface area contributed by atoms with Crippen LogP contribution in [0.3, 0.4) is 0 Å². The second-order valence-corrected chi connectivity index (χ2v) is 4.05. The number of rotatable bonds is 3. The van der Waals surface area contributed by atoms with Crippen molar-refractivity contribution in [1.29, 1.82) is 0 Å². The predicted molar refractivity (Wildman–Crippen MR) is 67.4 cm³/mol. The minimum atomic E-state index is -0.388. The number of aryl methyl sites for hydroxylation is 1. The van der Waals surface area contributed by atoms with E-state index >= 15 is 0 Å². The minimum Gasteiger partial charge on any atom is -0.456 e. The zero-order valence-corrected chi connectivity index (χ0v) is 10.4. The van der Waals surface area contributed by atoms with Crippen molar-refractivity contribution in [3.05, 3.63) is 53.2 Å². The summed E-state index contributed by atoms with van der Waals surface area (Å²) in [6.45, 7) is 1.74. The van der Waals surface area contributed by atoms with E-state index in [1.807, 2.05) is 0 Å². The monoisotopic (exact) mass is 267 g/mol. The highest BCUT2D eigenvalue weighted by Crippen LogP contribution is 2.18. The van der Waals surface area contributed by atoms with Crippen LogP contribution in [0.5, 0.6) is 0 Å². The number of benzene rings is 1. The Morgan fingerprint density at radius 1 is 1.39 bits per heavy atom. The molecule has 2 rings (SSSR count).